The number of hydrogen-bond donors (Lipinski definition) is 0. The summed E-state index contributed by atoms with van der Waals surface area (Å²) >= 11 is 1.86. The Hall–Kier alpha value is -0.230. The van der Waals surface area contributed by atoms with Gasteiger partial charge in [-0.3, -0.25) is 4.57 Å². The summed E-state index contributed by atoms with van der Waals surface area (Å²) in [6, 6.07) is 9.06. The summed E-state index contributed by atoms with van der Waals surface area (Å²) in [7, 11) is -3.47. The quantitative estimate of drug-likeness (QED) is 0.518. The van der Waals surface area contributed by atoms with E-state index in [0.717, 1.165) is 0 Å². The van der Waals surface area contributed by atoms with Crippen molar-refractivity contribution in [3.63, 3.8) is 0 Å². The fraction of sp³-hybridized carbons (Fsp3) is 0.429. The molecule has 1 aromatic carbocycles. The SMILES string of the molecule is CC1(C)COP(=O)(/C(=C(/I)CF)c2ccccc2)OC1. The molecular formula is C14H17FIO3P. The van der Waals surface area contributed by atoms with E-state index in [0.29, 0.717) is 27.7 Å². The van der Waals surface area contributed by atoms with Gasteiger partial charge in [0.25, 0.3) is 0 Å². The lowest BCUT2D eigenvalue weighted by molar-refractivity contribution is 0.0467. The Morgan fingerprint density at radius 2 is 1.85 bits per heavy atom. The lowest BCUT2D eigenvalue weighted by Crippen LogP contribution is -2.29. The summed E-state index contributed by atoms with van der Waals surface area (Å²) < 4.78 is 37.5. The lowest BCUT2D eigenvalue weighted by atomic mass is 9.97. The maximum Gasteiger partial charge on any atom is 0.362 e. The second-order valence-electron chi connectivity index (χ2n) is 5.46. The minimum Gasteiger partial charge on any atom is -0.305 e. The molecule has 20 heavy (non-hydrogen) atoms. The molecule has 0 unspecified atom stereocenters. The fourth-order valence-corrected chi connectivity index (χ4v) is 5.24. The predicted molar refractivity (Wildman–Crippen MR) is 86.6 cm³/mol. The molecule has 1 aliphatic rings. The summed E-state index contributed by atoms with van der Waals surface area (Å²) in [6.45, 7) is 3.92. The molecule has 0 aliphatic carbocycles. The van der Waals surface area contributed by atoms with Gasteiger partial charge in [-0.25, -0.2) is 4.39 Å². The van der Waals surface area contributed by atoms with Gasteiger partial charge in [-0.2, -0.15) is 0 Å². The number of rotatable bonds is 3. The van der Waals surface area contributed by atoms with Crippen molar-refractivity contribution < 1.29 is 18.0 Å². The average molecular weight is 410 g/mol. The molecule has 0 amide bonds. The van der Waals surface area contributed by atoms with Gasteiger partial charge < -0.3 is 9.05 Å². The van der Waals surface area contributed by atoms with E-state index in [1.54, 1.807) is 12.1 Å². The van der Waals surface area contributed by atoms with Crippen LogP contribution in [0.25, 0.3) is 5.31 Å². The molecule has 1 fully saturated rings. The molecule has 0 bridgehead atoms. The molecule has 1 saturated heterocycles. The molecule has 0 saturated carbocycles. The Balaban J connectivity index is 2.42. The van der Waals surface area contributed by atoms with Crippen molar-refractivity contribution in [2.24, 2.45) is 5.41 Å². The normalized spacial score (nSPS) is 22.2. The van der Waals surface area contributed by atoms with Crippen molar-refractivity contribution in [2.75, 3.05) is 19.9 Å². The van der Waals surface area contributed by atoms with Gasteiger partial charge >= 0.3 is 7.60 Å². The van der Waals surface area contributed by atoms with Crippen molar-refractivity contribution in [3.8, 4) is 0 Å². The number of alkyl halides is 1. The third-order valence-corrected chi connectivity index (χ3v) is 6.21. The highest BCUT2D eigenvalue weighted by Gasteiger charge is 2.41. The van der Waals surface area contributed by atoms with Crippen molar-refractivity contribution >= 4 is 35.5 Å². The highest BCUT2D eigenvalue weighted by molar-refractivity contribution is 14.1. The minimum atomic E-state index is -3.47. The smallest absolute Gasteiger partial charge is 0.305 e. The monoisotopic (exact) mass is 410 g/mol. The number of benzene rings is 1. The largest absolute Gasteiger partial charge is 0.362 e. The predicted octanol–water partition coefficient (Wildman–Crippen LogP) is 5.03. The van der Waals surface area contributed by atoms with Crippen LogP contribution in [0.2, 0.25) is 0 Å². The van der Waals surface area contributed by atoms with Crippen LogP contribution in [0.4, 0.5) is 4.39 Å². The van der Waals surface area contributed by atoms with Crippen molar-refractivity contribution in [1.29, 1.82) is 0 Å². The number of allylic oxidation sites excluding steroid dienone is 1. The van der Waals surface area contributed by atoms with Crippen molar-refractivity contribution in [1.82, 2.24) is 0 Å². The van der Waals surface area contributed by atoms with Gasteiger partial charge in [0.15, 0.2) is 0 Å². The first kappa shape index (κ1) is 16.1. The van der Waals surface area contributed by atoms with Gasteiger partial charge in [-0.05, 0) is 28.2 Å². The van der Waals surface area contributed by atoms with Crippen LogP contribution < -0.4 is 0 Å². The molecule has 2 rings (SSSR count). The first-order valence-electron chi connectivity index (χ1n) is 6.28. The molecule has 6 heteroatoms. The second kappa shape index (κ2) is 6.26. The zero-order valence-electron chi connectivity index (χ0n) is 11.4. The zero-order valence-corrected chi connectivity index (χ0v) is 14.5. The van der Waals surface area contributed by atoms with Crippen LogP contribution in [0, 0.1) is 5.41 Å². The molecule has 1 aliphatic heterocycles. The van der Waals surface area contributed by atoms with Crippen LogP contribution in [0.3, 0.4) is 0 Å². The molecule has 1 aromatic rings. The van der Waals surface area contributed by atoms with Gasteiger partial charge in [-0.15, -0.1) is 0 Å². The van der Waals surface area contributed by atoms with Gasteiger partial charge in [-0.1, -0.05) is 44.2 Å². The maximum absolute atomic E-state index is 13.1. The number of hydrogen-bond acceptors (Lipinski definition) is 3. The summed E-state index contributed by atoms with van der Waals surface area (Å²) in [5, 5.41) is 0.344. The Bertz CT molecular complexity index is 543. The van der Waals surface area contributed by atoms with E-state index in [1.807, 2.05) is 54.6 Å². The lowest BCUT2D eigenvalue weighted by Gasteiger charge is -2.35. The minimum absolute atomic E-state index is 0.184. The highest BCUT2D eigenvalue weighted by Crippen LogP contribution is 2.65. The van der Waals surface area contributed by atoms with E-state index in [2.05, 4.69) is 0 Å². The Morgan fingerprint density at radius 1 is 1.30 bits per heavy atom. The Morgan fingerprint density at radius 3 is 2.35 bits per heavy atom. The van der Waals surface area contributed by atoms with Gasteiger partial charge in [0, 0.05) is 8.99 Å². The number of halogens is 2. The van der Waals surface area contributed by atoms with E-state index in [1.165, 1.54) is 0 Å². The zero-order chi connectivity index (χ0) is 14.8. The average Bonchev–Trinajstić information content (AvgIpc) is 2.44. The summed E-state index contributed by atoms with van der Waals surface area (Å²) in [6.07, 6.45) is 0. The molecule has 0 radical (unpaired) electrons. The molecule has 0 spiro atoms. The van der Waals surface area contributed by atoms with Crippen LogP contribution in [-0.2, 0) is 13.6 Å². The second-order valence-corrected chi connectivity index (χ2v) is 8.72. The van der Waals surface area contributed by atoms with Gasteiger partial charge in [0.05, 0.1) is 18.5 Å². The third-order valence-electron chi connectivity index (χ3n) is 2.95. The summed E-state index contributed by atoms with van der Waals surface area (Å²) in [4.78, 5) is 0. The third kappa shape index (κ3) is 3.50. The fourth-order valence-electron chi connectivity index (χ4n) is 1.85. The first-order chi connectivity index (χ1) is 9.38. The highest BCUT2D eigenvalue weighted by atomic mass is 127. The van der Waals surface area contributed by atoms with E-state index < -0.39 is 14.3 Å². The van der Waals surface area contributed by atoms with Crippen LogP contribution >= 0.6 is 30.2 Å². The Labute approximate surface area is 132 Å². The van der Waals surface area contributed by atoms with Crippen LogP contribution in [-0.4, -0.2) is 19.9 Å². The molecule has 110 valence electrons. The topological polar surface area (TPSA) is 35.5 Å². The summed E-state index contributed by atoms with van der Waals surface area (Å²) in [5.74, 6) is 0. The molecule has 1 heterocycles. The van der Waals surface area contributed by atoms with E-state index in [9.17, 15) is 8.96 Å². The van der Waals surface area contributed by atoms with E-state index in [-0.39, 0.29) is 5.41 Å². The van der Waals surface area contributed by atoms with Crippen molar-refractivity contribution in [3.05, 3.63) is 39.5 Å². The van der Waals surface area contributed by atoms with Crippen LogP contribution in [0.15, 0.2) is 33.9 Å². The molecule has 0 aromatic heterocycles. The molecule has 0 N–H and O–H groups in total. The van der Waals surface area contributed by atoms with Gasteiger partial charge in [0.1, 0.15) is 6.67 Å². The Kier molecular flexibility index (Phi) is 5.05. The first-order valence-corrected chi connectivity index (χ1v) is 8.90. The molecular weight excluding hydrogens is 393 g/mol. The summed E-state index contributed by atoms with van der Waals surface area (Å²) in [5.41, 5.74) is 0.495. The van der Waals surface area contributed by atoms with E-state index in [4.69, 9.17) is 9.05 Å². The van der Waals surface area contributed by atoms with Gasteiger partial charge in [0.2, 0.25) is 0 Å². The molecule has 0 atom stereocenters. The van der Waals surface area contributed by atoms with Crippen molar-refractivity contribution in [2.45, 2.75) is 13.8 Å². The molecule has 3 nitrogen and oxygen atoms in total. The van der Waals surface area contributed by atoms with E-state index >= 15 is 0 Å². The standard InChI is InChI=1S/C14H17FIO3P/c1-14(2)9-18-20(17,19-10-14)13(12(16)8-15)11-6-4-3-5-7-11/h3-7H,8-10H2,1-2H3/b13-12+. The maximum atomic E-state index is 13.1. The van der Waals surface area contributed by atoms with Crippen LogP contribution in [0.5, 0.6) is 0 Å². The van der Waals surface area contributed by atoms with Crippen LogP contribution in [0.1, 0.15) is 19.4 Å².